The minimum atomic E-state index is -0.152. The second-order valence-electron chi connectivity index (χ2n) is 5.91. The third-order valence-electron chi connectivity index (χ3n) is 4.40. The highest BCUT2D eigenvalue weighted by Crippen LogP contribution is 2.27. The van der Waals surface area contributed by atoms with Crippen molar-refractivity contribution in [1.29, 1.82) is 0 Å². The second kappa shape index (κ2) is 6.16. The first kappa shape index (κ1) is 13.9. The molecular weight excluding hydrogens is 264 g/mol. The van der Waals surface area contributed by atoms with Gasteiger partial charge in [0.25, 0.3) is 5.56 Å². The molecule has 1 fully saturated rings. The summed E-state index contributed by atoms with van der Waals surface area (Å²) in [6.45, 7) is 0.920. The first-order chi connectivity index (χ1) is 10.2. The Morgan fingerprint density at radius 1 is 1.29 bits per heavy atom. The smallest absolute Gasteiger partial charge is 0.258 e. The number of hydrogen-bond acceptors (Lipinski definition) is 4. The van der Waals surface area contributed by atoms with Gasteiger partial charge in [0.1, 0.15) is 0 Å². The number of H-pyrrole nitrogens is 1. The Morgan fingerprint density at radius 2 is 2.10 bits per heavy atom. The lowest BCUT2D eigenvalue weighted by molar-refractivity contribution is 0.345. The van der Waals surface area contributed by atoms with E-state index in [-0.39, 0.29) is 5.56 Å². The highest BCUT2D eigenvalue weighted by atomic mass is 16.1. The van der Waals surface area contributed by atoms with Crippen molar-refractivity contribution >= 4 is 22.3 Å². The van der Waals surface area contributed by atoms with Crippen LogP contribution in [0.1, 0.15) is 38.5 Å². The fraction of sp³-hybridized carbons (Fsp3) is 0.500. The number of fused-ring (bicyclic) bond motifs is 1. The van der Waals surface area contributed by atoms with Crippen molar-refractivity contribution in [2.24, 2.45) is 5.92 Å². The Balaban J connectivity index is 1.69. The number of rotatable bonds is 4. The Hall–Kier alpha value is -2.04. The molecule has 1 aromatic heterocycles. The number of hydrogen-bond donors (Lipinski definition) is 3. The monoisotopic (exact) mass is 286 g/mol. The molecule has 2 aromatic rings. The topological polar surface area (TPSA) is 83.8 Å². The molecule has 1 aromatic carbocycles. The highest BCUT2D eigenvalue weighted by Gasteiger charge is 2.13. The van der Waals surface area contributed by atoms with Crippen molar-refractivity contribution in [2.45, 2.75) is 38.5 Å². The maximum Gasteiger partial charge on any atom is 0.258 e. The molecule has 0 spiro atoms. The quantitative estimate of drug-likeness (QED) is 0.755. The predicted octanol–water partition coefficient (Wildman–Crippen LogP) is 2.89. The maximum absolute atomic E-state index is 11.7. The molecule has 1 heterocycles. The van der Waals surface area contributed by atoms with Gasteiger partial charge in [-0.2, -0.15) is 0 Å². The lowest BCUT2D eigenvalue weighted by Gasteiger charge is -2.21. The molecule has 3 rings (SSSR count). The highest BCUT2D eigenvalue weighted by molar-refractivity contribution is 5.88. The molecule has 0 saturated heterocycles. The summed E-state index contributed by atoms with van der Waals surface area (Å²) in [4.78, 5) is 18.4. The number of benzene rings is 1. The molecule has 21 heavy (non-hydrogen) atoms. The predicted molar refractivity (Wildman–Crippen MR) is 86.5 cm³/mol. The molecule has 1 aliphatic carbocycles. The number of aromatic nitrogens is 2. The summed E-state index contributed by atoms with van der Waals surface area (Å²) in [6, 6.07) is 3.56. The zero-order chi connectivity index (χ0) is 14.7. The molecule has 0 amide bonds. The van der Waals surface area contributed by atoms with Gasteiger partial charge in [0.15, 0.2) is 0 Å². The van der Waals surface area contributed by atoms with Gasteiger partial charge in [-0.1, -0.05) is 32.1 Å². The number of nitrogen functional groups attached to an aromatic ring is 1. The van der Waals surface area contributed by atoms with Crippen LogP contribution < -0.4 is 16.6 Å². The SMILES string of the molecule is Nc1cc2c(=O)[nH]cnc2cc1NCCC1CCCCC1. The number of nitrogens with two attached hydrogens (primary N) is 1. The van der Waals surface area contributed by atoms with E-state index in [4.69, 9.17) is 5.73 Å². The number of anilines is 2. The Morgan fingerprint density at radius 3 is 2.90 bits per heavy atom. The van der Waals surface area contributed by atoms with E-state index in [1.807, 2.05) is 6.07 Å². The van der Waals surface area contributed by atoms with Gasteiger partial charge in [-0.15, -0.1) is 0 Å². The Labute approximate surface area is 124 Å². The Bertz CT molecular complexity index is 674. The summed E-state index contributed by atoms with van der Waals surface area (Å²) in [7, 11) is 0. The number of aromatic amines is 1. The van der Waals surface area contributed by atoms with Crippen molar-refractivity contribution in [3.8, 4) is 0 Å². The molecular formula is C16H22N4O. The molecule has 0 aliphatic heterocycles. The van der Waals surface area contributed by atoms with E-state index in [0.29, 0.717) is 16.6 Å². The van der Waals surface area contributed by atoms with Gasteiger partial charge in [0.2, 0.25) is 0 Å². The van der Waals surface area contributed by atoms with Gasteiger partial charge in [-0.05, 0) is 24.5 Å². The van der Waals surface area contributed by atoms with Crippen LogP contribution in [0.25, 0.3) is 10.9 Å². The van der Waals surface area contributed by atoms with Crippen molar-refractivity contribution < 1.29 is 0 Å². The molecule has 0 bridgehead atoms. The summed E-state index contributed by atoms with van der Waals surface area (Å²) in [6.07, 6.45) is 9.44. The molecule has 0 unspecified atom stereocenters. The first-order valence-electron chi connectivity index (χ1n) is 7.75. The normalized spacial score (nSPS) is 16.2. The standard InChI is InChI=1S/C16H22N4O/c17-13-8-12-14(19-10-20-16(12)21)9-15(13)18-7-6-11-4-2-1-3-5-11/h8-11,18H,1-7,17H2,(H,19,20,21). The van der Waals surface area contributed by atoms with Crippen LogP contribution in [0.3, 0.4) is 0 Å². The largest absolute Gasteiger partial charge is 0.397 e. The molecule has 0 radical (unpaired) electrons. The third kappa shape index (κ3) is 3.17. The van der Waals surface area contributed by atoms with E-state index in [1.165, 1.54) is 44.9 Å². The molecule has 5 heteroatoms. The van der Waals surface area contributed by atoms with Crippen LogP contribution in [0.4, 0.5) is 11.4 Å². The minimum absolute atomic E-state index is 0.152. The van der Waals surface area contributed by atoms with Crippen LogP contribution in [0.5, 0.6) is 0 Å². The van der Waals surface area contributed by atoms with E-state index in [1.54, 1.807) is 6.07 Å². The van der Waals surface area contributed by atoms with Crippen molar-refractivity contribution in [3.63, 3.8) is 0 Å². The van der Waals surface area contributed by atoms with Crippen LogP contribution >= 0.6 is 0 Å². The van der Waals surface area contributed by atoms with E-state index < -0.39 is 0 Å². The first-order valence-corrected chi connectivity index (χ1v) is 7.75. The molecule has 1 saturated carbocycles. The average Bonchev–Trinajstić information content (AvgIpc) is 2.50. The second-order valence-corrected chi connectivity index (χ2v) is 5.91. The lowest BCUT2D eigenvalue weighted by Crippen LogP contribution is -2.13. The van der Waals surface area contributed by atoms with Crippen LogP contribution in [0.15, 0.2) is 23.3 Å². The van der Waals surface area contributed by atoms with Gasteiger partial charge < -0.3 is 16.0 Å². The maximum atomic E-state index is 11.7. The summed E-state index contributed by atoms with van der Waals surface area (Å²) in [5.41, 5.74) is 8.03. The van der Waals surface area contributed by atoms with Gasteiger partial charge >= 0.3 is 0 Å². The van der Waals surface area contributed by atoms with Gasteiger partial charge in [0.05, 0.1) is 28.6 Å². The third-order valence-corrected chi connectivity index (χ3v) is 4.40. The minimum Gasteiger partial charge on any atom is -0.397 e. The molecule has 112 valence electrons. The van der Waals surface area contributed by atoms with Crippen LogP contribution in [0, 0.1) is 5.92 Å². The van der Waals surface area contributed by atoms with Crippen molar-refractivity contribution in [1.82, 2.24) is 9.97 Å². The van der Waals surface area contributed by atoms with Crippen LogP contribution in [-0.2, 0) is 0 Å². The van der Waals surface area contributed by atoms with Gasteiger partial charge in [-0.3, -0.25) is 4.79 Å². The summed E-state index contributed by atoms with van der Waals surface area (Å²) < 4.78 is 0. The zero-order valence-electron chi connectivity index (χ0n) is 12.2. The molecule has 5 nitrogen and oxygen atoms in total. The van der Waals surface area contributed by atoms with E-state index in [0.717, 1.165) is 18.2 Å². The summed E-state index contributed by atoms with van der Waals surface area (Å²) in [5.74, 6) is 0.842. The lowest BCUT2D eigenvalue weighted by atomic mass is 9.87. The van der Waals surface area contributed by atoms with Crippen molar-refractivity contribution in [3.05, 3.63) is 28.8 Å². The van der Waals surface area contributed by atoms with Gasteiger partial charge in [-0.25, -0.2) is 4.98 Å². The zero-order valence-corrected chi connectivity index (χ0v) is 12.2. The fourth-order valence-electron chi connectivity index (χ4n) is 3.17. The van der Waals surface area contributed by atoms with Gasteiger partial charge in [0, 0.05) is 6.54 Å². The van der Waals surface area contributed by atoms with E-state index >= 15 is 0 Å². The summed E-state index contributed by atoms with van der Waals surface area (Å²) in [5, 5.41) is 3.93. The average molecular weight is 286 g/mol. The van der Waals surface area contributed by atoms with Crippen LogP contribution in [-0.4, -0.2) is 16.5 Å². The van der Waals surface area contributed by atoms with E-state index in [2.05, 4.69) is 15.3 Å². The molecule has 0 atom stereocenters. The molecule has 1 aliphatic rings. The Kier molecular flexibility index (Phi) is 4.08. The number of nitrogens with zero attached hydrogens (tertiary/aromatic N) is 1. The fourth-order valence-corrected chi connectivity index (χ4v) is 3.17. The molecule has 4 N–H and O–H groups in total. The summed E-state index contributed by atoms with van der Waals surface area (Å²) >= 11 is 0. The van der Waals surface area contributed by atoms with Crippen molar-refractivity contribution in [2.75, 3.05) is 17.6 Å². The van der Waals surface area contributed by atoms with E-state index in [9.17, 15) is 4.79 Å². The number of nitrogens with one attached hydrogen (secondary N) is 2. The van der Waals surface area contributed by atoms with Crippen LogP contribution in [0.2, 0.25) is 0 Å².